The lowest BCUT2D eigenvalue weighted by molar-refractivity contribution is -0.757. The molecule has 0 bridgehead atoms. The highest BCUT2D eigenvalue weighted by Crippen LogP contribution is 2.36. The van der Waals surface area contributed by atoms with Gasteiger partial charge in [-0.05, 0) is 56.2 Å². The molecule has 212 valence electrons. The molecule has 2 rings (SSSR count). The fourth-order valence-corrected chi connectivity index (χ4v) is 4.59. The van der Waals surface area contributed by atoms with Gasteiger partial charge in [0.1, 0.15) is 18.5 Å². The standard InChI is InChI=1S/C27H39ClN2O8/c1-29(15-6-7-16-38-30(35)36)27(34)12-5-3-2-4-11-23-24(26(33)18-25(23)32)14-13-21(31)19-37-22-10-8-9-20(28)17-22/h2,4,8-10,13-14,17,21,23-26,31-33H,3,5-7,11-12,15-16,18-19H2,1H3/t21-,23-,24-,25+,26-/m1/s1. The number of hydrogen-bond donors (Lipinski definition) is 3. The Morgan fingerprint density at radius 3 is 2.79 bits per heavy atom. The molecular formula is C27H39ClN2O8. The minimum atomic E-state index is -0.875. The first-order valence-corrected chi connectivity index (χ1v) is 13.3. The number of hydrogen-bond acceptors (Lipinski definition) is 8. The normalized spacial score (nSPS) is 22.1. The molecule has 0 radical (unpaired) electrons. The van der Waals surface area contributed by atoms with Gasteiger partial charge in [-0.15, -0.1) is 10.1 Å². The van der Waals surface area contributed by atoms with Gasteiger partial charge in [-0.3, -0.25) is 4.79 Å². The Labute approximate surface area is 228 Å². The summed E-state index contributed by atoms with van der Waals surface area (Å²) in [5, 5.41) is 40.9. The van der Waals surface area contributed by atoms with Crippen LogP contribution in [-0.4, -0.2) is 76.3 Å². The zero-order chi connectivity index (χ0) is 27.9. The second-order valence-corrected chi connectivity index (χ2v) is 9.95. The molecule has 11 heteroatoms. The summed E-state index contributed by atoms with van der Waals surface area (Å²) >= 11 is 5.93. The summed E-state index contributed by atoms with van der Waals surface area (Å²) in [5.41, 5.74) is 0. The molecule has 1 aliphatic carbocycles. The van der Waals surface area contributed by atoms with Crippen molar-refractivity contribution >= 4 is 17.5 Å². The number of aliphatic hydroxyl groups is 3. The third-order valence-electron chi connectivity index (χ3n) is 6.53. The number of amides is 1. The number of carbonyl (C=O) groups is 1. The zero-order valence-corrected chi connectivity index (χ0v) is 22.5. The molecule has 1 fully saturated rings. The van der Waals surface area contributed by atoms with E-state index in [9.17, 15) is 30.2 Å². The number of benzene rings is 1. The molecule has 1 saturated carbocycles. The number of unbranched alkanes of at least 4 members (excludes halogenated alkanes) is 2. The number of carbonyl (C=O) groups excluding carboxylic acids is 1. The van der Waals surface area contributed by atoms with E-state index in [4.69, 9.17) is 16.3 Å². The average Bonchev–Trinajstić information content (AvgIpc) is 3.14. The van der Waals surface area contributed by atoms with Crippen molar-refractivity contribution in [3.8, 4) is 5.75 Å². The predicted octanol–water partition coefficient (Wildman–Crippen LogP) is 3.56. The summed E-state index contributed by atoms with van der Waals surface area (Å²) in [6.45, 7) is 0.590. The quantitative estimate of drug-likeness (QED) is 0.115. The maximum atomic E-state index is 12.2. The highest BCUT2D eigenvalue weighted by Gasteiger charge is 2.39. The molecule has 1 aliphatic rings. The Morgan fingerprint density at radius 1 is 1.26 bits per heavy atom. The van der Waals surface area contributed by atoms with Crippen LogP contribution in [0.2, 0.25) is 5.02 Å². The van der Waals surface area contributed by atoms with Crippen molar-refractivity contribution in [2.24, 2.45) is 11.8 Å². The van der Waals surface area contributed by atoms with Crippen molar-refractivity contribution in [1.82, 2.24) is 4.90 Å². The van der Waals surface area contributed by atoms with Crippen molar-refractivity contribution in [3.63, 3.8) is 0 Å². The first-order chi connectivity index (χ1) is 18.2. The van der Waals surface area contributed by atoms with Crippen molar-refractivity contribution in [3.05, 3.63) is 63.7 Å². The van der Waals surface area contributed by atoms with Gasteiger partial charge in [-0.1, -0.05) is 42.0 Å². The van der Waals surface area contributed by atoms with Crippen LogP contribution >= 0.6 is 11.6 Å². The zero-order valence-electron chi connectivity index (χ0n) is 21.7. The van der Waals surface area contributed by atoms with Gasteiger partial charge in [0.05, 0.1) is 18.8 Å². The molecule has 0 heterocycles. The Kier molecular flexibility index (Phi) is 14.1. The van der Waals surface area contributed by atoms with E-state index in [1.807, 2.05) is 12.2 Å². The van der Waals surface area contributed by atoms with Crippen LogP contribution in [0, 0.1) is 22.0 Å². The maximum absolute atomic E-state index is 12.2. The summed E-state index contributed by atoms with van der Waals surface area (Å²) in [6, 6.07) is 6.90. The SMILES string of the molecule is CN(CCCCO[N+](=O)[O-])C(=O)CCCC=CC[C@@H]1[C@@H](C=C[C@@H](O)COc2cccc(Cl)c2)[C@H](O)C[C@@H]1O. The Balaban J connectivity index is 1.69. The van der Waals surface area contributed by atoms with Gasteiger partial charge in [0.15, 0.2) is 0 Å². The van der Waals surface area contributed by atoms with E-state index in [1.54, 1.807) is 48.4 Å². The van der Waals surface area contributed by atoms with Crippen molar-refractivity contribution < 1.29 is 34.8 Å². The van der Waals surface area contributed by atoms with Gasteiger partial charge in [-0.2, -0.15) is 0 Å². The first kappa shape index (κ1) is 31.6. The molecule has 5 atom stereocenters. The van der Waals surface area contributed by atoms with Crippen LogP contribution in [0.4, 0.5) is 0 Å². The van der Waals surface area contributed by atoms with Gasteiger partial charge in [-0.25, -0.2) is 0 Å². The highest BCUT2D eigenvalue weighted by atomic mass is 35.5. The molecule has 0 saturated heterocycles. The summed E-state index contributed by atoms with van der Waals surface area (Å²) in [4.78, 5) is 28.2. The lowest BCUT2D eigenvalue weighted by atomic mass is 9.89. The van der Waals surface area contributed by atoms with Crippen LogP contribution in [0.1, 0.15) is 44.9 Å². The minimum Gasteiger partial charge on any atom is -0.491 e. The van der Waals surface area contributed by atoms with Crippen LogP contribution in [0.25, 0.3) is 0 Å². The average molecular weight is 555 g/mol. The van der Waals surface area contributed by atoms with Crippen molar-refractivity contribution in [1.29, 1.82) is 0 Å². The van der Waals surface area contributed by atoms with Gasteiger partial charge in [0, 0.05) is 37.4 Å². The third-order valence-corrected chi connectivity index (χ3v) is 6.77. The van der Waals surface area contributed by atoms with E-state index in [1.165, 1.54) is 0 Å². The van der Waals surface area contributed by atoms with E-state index in [-0.39, 0.29) is 37.4 Å². The van der Waals surface area contributed by atoms with Crippen LogP contribution in [0.3, 0.4) is 0 Å². The largest absolute Gasteiger partial charge is 0.491 e. The van der Waals surface area contributed by atoms with Crippen molar-refractivity contribution in [2.45, 2.75) is 63.3 Å². The first-order valence-electron chi connectivity index (χ1n) is 12.9. The monoisotopic (exact) mass is 554 g/mol. The number of nitrogens with zero attached hydrogens (tertiary/aromatic N) is 2. The number of allylic oxidation sites excluding steroid dienone is 2. The lowest BCUT2D eigenvalue weighted by Gasteiger charge is -2.19. The number of halogens is 1. The second kappa shape index (κ2) is 17.0. The van der Waals surface area contributed by atoms with Crippen molar-refractivity contribution in [2.75, 3.05) is 26.8 Å². The Morgan fingerprint density at radius 2 is 2.05 bits per heavy atom. The molecular weight excluding hydrogens is 516 g/mol. The molecule has 0 aromatic heterocycles. The lowest BCUT2D eigenvalue weighted by Crippen LogP contribution is -2.27. The minimum absolute atomic E-state index is 0.0195. The van der Waals surface area contributed by atoms with E-state index >= 15 is 0 Å². The number of aliphatic hydroxyl groups excluding tert-OH is 3. The van der Waals surface area contributed by atoms with Gasteiger partial charge in [0.2, 0.25) is 5.91 Å². The van der Waals surface area contributed by atoms with Gasteiger partial charge < -0.3 is 29.8 Å². The smallest absolute Gasteiger partial charge is 0.294 e. The summed E-state index contributed by atoms with van der Waals surface area (Å²) in [5.74, 6) is 0.107. The molecule has 1 aromatic rings. The highest BCUT2D eigenvalue weighted by molar-refractivity contribution is 6.30. The molecule has 1 aromatic carbocycles. The second-order valence-electron chi connectivity index (χ2n) is 9.51. The van der Waals surface area contributed by atoms with Gasteiger partial charge in [0.25, 0.3) is 5.09 Å². The fraction of sp³-hybridized carbons (Fsp3) is 0.593. The summed E-state index contributed by atoms with van der Waals surface area (Å²) < 4.78 is 5.55. The van der Waals surface area contributed by atoms with E-state index in [0.29, 0.717) is 55.8 Å². The predicted molar refractivity (Wildman–Crippen MR) is 143 cm³/mol. The number of rotatable bonds is 17. The van der Waals surface area contributed by atoms with Crippen LogP contribution in [0.5, 0.6) is 5.75 Å². The van der Waals surface area contributed by atoms with Crippen LogP contribution in [-0.2, 0) is 9.63 Å². The molecule has 10 nitrogen and oxygen atoms in total. The molecule has 1 amide bonds. The molecule has 0 unspecified atom stereocenters. The fourth-order valence-electron chi connectivity index (χ4n) is 4.40. The Bertz CT molecular complexity index is 928. The maximum Gasteiger partial charge on any atom is 0.294 e. The van der Waals surface area contributed by atoms with E-state index in [0.717, 1.165) is 0 Å². The van der Waals surface area contributed by atoms with Gasteiger partial charge >= 0.3 is 0 Å². The summed E-state index contributed by atoms with van der Waals surface area (Å²) in [6.07, 6.45) is 8.86. The van der Waals surface area contributed by atoms with E-state index in [2.05, 4.69) is 4.84 Å². The molecule has 38 heavy (non-hydrogen) atoms. The van der Waals surface area contributed by atoms with Crippen LogP contribution < -0.4 is 4.74 Å². The van der Waals surface area contributed by atoms with Crippen LogP contribution in [0.15, 0.2) is 48.6 Å². The molecule has 3 N–H and O–H groups in total. The van der Waals surface area contributed by atoms with E-state index < -0.39 is 23.4 Å². The third kappa shape index (κ3) is 11.8. The Hall–Kier alpha value is -2.66. The summed E-state index contributed by atoms with van der Waals surface area (Å²) in [7, 11) is 1.72. The molecule has 0 aliphatic heterocycles. The molecule has 0 spiro atoms. The number of ether oxygens (including phenoxy) is 1. The topological polar surface area (TPSA) is 143 Å².